The molecule has 0 radical (unpaired) electrons. The Morgan fingerprint density at radius 1 is 1.64 bits per heavy atom. The predicted molar refractivity (Wildman–Crippen MR) is 45.0 cm³/mol. The van der Waals surface area contributed by atoms with Crippen molar-refractivity contribution < 1.29 is 0 Å². The molecule has 0 aromatic heterocycles. The summed E-state index contributed by atoms with van der Waals surface area (Å²) >= 11 is 0. The molecule has 0 aromatic carbocycles. The van der Waals surface area contributed by atoms with Crippen LogP contribution in [0.2, 0.25) is 0 Å². The first-order chi connectivity index (χ1) is 5.27. The van der Waals surface area contributed by atoms with E-state index in [1.165, 1.54) is 13.1 Å². The molecule has 1 heterocycles. The summed E-state index contributed by atoms with van der Waals surface area (Å²) in [7, 11) is 0. The average Bonchev–Trinajstić information content (AvgIpc) is 1.95. The van der Waals surface area contributed by atoms with Gasteiger partial charge in [-0.25, -0.2) is 0 Å². The lowest BCUT2D eigenvalue weighted by Crippen LogP contribution is -2.50. The summed E-state index contributed by atoms with van der Waals surface area (Å²) in [6, 6.07) is 2.77. The first kappa shape index (κ1) is 8.55. The van der Waals surface area contributed by atoms with Crippen molar-refractivity contribution in [3.8, 4) is 6.07 Å². The number of nitriles is 1. The molecule has 2 heteroatoms. The summed E-state index contributed by atoms with van der Waals surface area (Å²) in [4.78, 5) is 2.41. The van der Waals surface area contributed by atoms with Crippen LogP contribution in [0.25, 0.3) is 0 Å². The van der Waals surface area contributed by atoms with Gasteiger partial charge in [0, 0.05) is 19.1 Å². The highest BCUT2D eigenvalue weighted by molar-refractivity contribution is 4.87. The fourth-order valence-corrected chi connectivity index (χ4v) is 1.68. The molecule has 11 heavy (non-hydrogen) atoms. The molecule has 1 rings (SSSR count). The number of nitrogens with zero attached hydrogens (tertiary/aromatic N) is 2. The van der Waals surface area contributed by atoms with E-state index in [1.54, 1.807) is 0 Å². The summed E-state index contributed by atoms with van der Waals surface area (Å²) in [6.45, 7) is 6.81. The third kappa shape index (κ3) is 1.94. The van der Waals surface area contributed by atoms with Crippen molar-refractivity contribution in [2.45, 2.75) is 32.7 Å². The van der Waals surface area contributed by atoms with Crippen LogP contribution in [-0.4, -0.2) is 24.0 Å². The number of hydrogen-bond donors (Lipinski definition) is 0. The zero-order valence-electron chi connectivity index (χ0n) is 7.38. The first-order valence-corrected chi connectivity index (χ1v) is 4.39. The smallest absolute Gasteiger partial charge is 0.0638 e. The maximum absolute atomic E-state index is 8.53. The Morgan fingerprint density at radius 2 is 2.27 bits per heavy atom. The second-order valence-electron chi connectivity index (χ2n) is 3.48. The molecular formula is C9H16N2. The lowest BCUT2D eigenvalue weighted by atomic mass is 9.97. The standard InChI is InChI=1S/C9H16N2/c1-3-9(4-5-10)11-6-8(2)7-11/h8-9H,3-4,6-7H2,1-2H3. The van der Waals surface area contributed by atoms with Gasteiger partial charge >= 0.3 is 0 Å². The molecular weight excluding hydrogens is 136 g/mol. The molecule has 1 unspecified atom stereocenters. The topological polar surface area (TPSA) is 27.0 Å². The minimum absolute atomic E-state index is 0.524. The number of hydrogen-bond acceptors (Lipinski definition) is 2. The Kier molecular flexibility index (Phi) is 2.90. The normalized spacial score (nSPS) is 22.3. The van der Waals surface area contributed by atoms with Crippen LogP contribution in [0.15, 0.2) is 0 Å². The summed E-state index contributed by atoms with van der Waals surface area (Å²) in [5, 5.41) is 8.53. The molecule has 0 aromatic rings. The molecule has 1 saturated heterocycles. The Labute approximate surface area is 68.8 Å². The zero-order chi connectivity index (χ0) is 8.27. The third-order valence-corrected chi connectivity index (χ3v) is 2.41. The van der Waals surface area contributed by atoms with Crippen LogP contribution in [0.5, 0.6) is 0 Å². The van der Waals surface area contributed by atoms with Crippen molar-refractivity contribution in [2.75, 3.05) is 13.1 Å². The Bertz CT molecular complexity index is 153. The lowest BCUT2D eigenvalue weighted by molar-refractivity contribution is 0.0622. The largest absolute Gasteiger partial charge is 0.299 e. The lowest BCUT2D eigenvalue weighted by Gasteiger charge is -2.42. The Morgan fingerprint density at radius 3 is 2.64 bits per heavy atom. The van der Waals surface area contributed by atoms with Crippen LogP contribution in [0.3, 0.4) is 0 Å². The summed E-state index contributed by atoms with van der Waals surface area (Å²) < 4.78 is 0. The molecule has 2 nitrogen and oxygen atoms in total. The van der Waals surface area contributed by atoms with Gasteiger partial charge < -0.3 is 0 Å². The van der Waals surface area contributed by atoms with Gasteiger partial charge in [0.15, 0.2) is 0 Å². The van der Waals surface area contributed by atoms with Gasteiger partial charge in [-0.3, -0.25) is 4.90 Å². The van der Waals surface area contributed by atoms with Gasteiger partial charge in [-0.2, -0.15) is 5.26 Å². The quantitative estimate of drug-likeness (QED) is 0.614. The summed E-state index contributed by atoms with van der Waals surface area (Å²) in [5.74, 6) is 0.850. The number of likely N-dealkylation sites (tertiary alicyclic amines) is 1. The van der Waals surface area contributed by atoms with E-state index in [-0.39, 0.29) is 0 Å². The molecule has 62 valence electrons. The van der Waals surface area contributed by atoms with Gasteiger partial charge in [-0.15, -0.1) is 0 Å². The zero-order valence-corrected chi connectivity index (χ0v) is 7.38. The van der Waals surface area contributed by atoms with Gasteiger partial charge in [0.25, 0.3) is 0 Å². The highest BCUT2D eigenvalue weighted by Gasteiger charge is 2.27. The molecule has 1 atom stereocenters. The maximum Gasteiger partial charge on any atom is 0.0638 e. The molecule has 0 aliphatic carbocycles. The average molecular weight is 152 g/mol. The Balaban J connectivity index is 2.27. The maximum atomic E-state index is 8.53. The van der Waals surface area contributed by atoms with Crippen LogP contribution in [-0.2, 0) is 0 Å². The van der Waals surface area contributed by atoms with Crippen molar-refractivity contribution >= 4 is 0 Å². The van der Waals surface area contributed by atoms with E-state index in [1.807, 2.05) is 0 Å². The third-order valence-electron chi connectivity index (χ3n) is 2.41. The minimum Gasteiger partial charge on any atom is -0.299 e. The van der Waals surface area contributed by atoms with Crippen molar-refractivity contribution in [1.29, 1.82) is 5.26 Å². The van der Waals surface area contributed by atoms with E-state index in [4.69, 9.17) is 5.26 Å². The number of rotatable bonds is 3. The van der Waals surface area contributed by atoms with E-state index < -0.39 is 0 Å². The first-order valence-electron chi connectivity index (χ1n) is 4.39. The van der Waals surface area contributed by atoms with Crippen molar-refractivity contribution in [3.63, 3.8) is 0 Å². The molecule has 1 fully saturated rings. The van der Waals surface area contributed by atoms with Crippen molar-refractivity contribution in [3.05, 3.63) is 0 Å². The van der Waals surface area contributed by atoms with E-state index in [0.29, 0.717) is 12.5 Å². The van der Waals surface area contributed by atoms with Crippen LogP contribution in [0, 0.1) is 17.2 Å². The summed E-state index contributed by atoms with van der Waals surface area (Å²) in [6.07, 6.45) is 1.81. The second kappa shape index (κ2) is 3.73. The minimum atomic E-state index is 0.524. The molecule has 0 amide bonds. The van der Waals surface area contributed by atoms with E-state index in [0.717, 1.165) is 12.3 Å². The second-order valence-corrected chi connectivity index (χ2v) is 3.48. The van der Waals surface area contributed by atoms with Crippen LogP contribution in [0.1, 0.15) is 26.7 Å². The van der Waals surface area contributed by atoms with Gasteiger partial charge in [-0.05, 0) is 12.3 Å². The highest BCUT2D eigenvalue weighted by Crippen LogP contribution is 2.20. The molecule has 1 aliphatic rings. The molecule has 0 saturated carbocycles. The van der Waals surface area contributed by atoms with Crippen LogP contribution < -0.4 is 0 Å². The SMILES string of the molecule is CCC(CC#N)N1CC(C)C1. The van der Waals surface area contributed by atoms with E-state index in [9.17, 15) is 0 Å². The fourth-order valence-electron chi connectivity index (χ4n) is 1.68. The monoisotopic (exact) mass is 152 g/mol. The molecule has 0 N–H and O–H groups in total. The van der Waals surface area contributed by atoms with Gasteiger partial charge in [0.2, 0.25) is 0 Å². The molecule has 0 spiro atoms. The highest BCUT2D eigenvalue weighted by atomic mass is 15.2. The van der Waals surface area contributed by atoms with E-state index >= 15 is 0 Å². The predicted octanol–water partition coefficient (Wildman–Crippen LogP) is 1.63. The Hall–Kier alpha value is -0.550. The van der Waals surface area contributed by atoms with Crippen molar-refractivity contribution in [2.24, 2.45) is 5.92 Å². The van der Waals surface area contributed by atoms with Crippen molar-refractivity contribution in [1.82, 2.24) is 4.90 Å². The fraction of sp³-hybridized carbons (Fsp3) is 0.889. The van der Waals surface area contributed by atoms with Crippen LogP contribution >= 0.6 is 0 Å². The van der Waals surface area contributed by atoms with Gasteiger partial charge in [-0.1, -0.05) is 13.8 Å². The molecule has 1 aliphatic heterocycles. The van der Waals surface area contributed by atoms with Crippen LogP contribution in [0.4, 0.5) is 0 Å². The van der Waals surface area contributed by atoms with Gasteiger partial charge in [0.1, 0.15) is 0 Å². The molecule has 0 bridgehead atoms. The summed E-state index contributed by atoms with van der Waals surface area (Å²) in [5.41, 5.74) is 0. The van der Waals surface area contributed by atoms with E-state index in [2.05, 4.69) is 24.8 Å². The van der Waals surface area contributed by atoms with Gasteiger partial charge in [0.05, 0.1) is 12.5 Å².